The molecule has 0 saturated heterocycles. The molecule has 4 aromatic rings. The first-order valence-electron chi connectivity index (χ1n) is 9.32. The summed E-state index contributed by atoms with van der Waals surface area (Å²) in [7, 11) is 1.62. The van der Waals surface area contributed by atoms with E-state index in [0.717, 1.165) is 16.6 Å². The zero-order valence-corrected chi connectivity index (χ0v) is 17.9. The molecule has 0 unspecified atom stereocenters. The van der Waals surface area contributed by atoms with E-state index in [-0.39, 0.29) is 17.2 Å². The van der Waals surface area contributed by atoms with E-state index in [2.05, 4.69) is 16.3 Å². The van der Waals surface area contributed by atoms with E-state index in [9.17, 15) is 9.90 Å². The van der Waals surface area contributed by atoms with Crippen LogP contribution in [0, 0.1) is 6.92 Å². The molecule has 1 aromatic heterocycles. The maximum Gasteiger partial charge on any atom is 0.261 e. The van der Waals surface area contributed by atoms with Gasteiger partial charge in [0, 0.05) is 30.6 Å². The number of phenols is 1. The lowest BCUT2D eigenvalue weighted by atomic mass is 10.0. The van der Waals surface area contributed by atoms with Gasteiger partial charge in [0.05, 0.1) is 26.8 Å². The van der Waals surface area contributed by atoms with Gasteiger partial charge in [0.2, 0.25) is 0 Å². The van der Waals surface area contributed by atoms with Gasteiger partial charge >= 0.3 is 0 Å². The number of amides is 1. The first-order valence-corrected chi connectivity index (χ1v) is 10.1. The molecule has 0 fully saturated rings. The molecule has 0 aliphatic rings. The van der Waals surface area contributed by atoms with Gasteiger partial charge < -0.3 is 10.0 Å². The number of aromatic nitrogens is 2. The number of carbonyl (C=O) groups is 1. The second-order valence-corrected chi connectivity index (χ2v) is 8.03. The number of aryl methyl sites for hydroxylation is 1. The first-order chi connectivity index (χ1) is 14.3. The molecule has 0 atom stereocenters. The Hall–Kier alpha value is -3.02. The molecule has 7 heteroatoms. The molecular weight excluding hydrogens is 421 g/mol. The average molecular weight is 440 g/mol. The van der Waals surface area contributed by atoms with E-state index in [0.29, 0.717) is 27.7 Å². The summed E-state index contributed by atoms with van der Waals surface area (Å²) >= 11 is 12.0. The summed E-state index contributed by atoms with van der Waals surface area (Å²) in [6, 6.07) is 16.3. The Labute approximate surface area is 183 Å². The molecule has 30 heavy (non-hydrogen) atoms. The van der Waals surface area contributed by atoms with Crippen molar-refractivity contribution in [1.29, 1.82) is 0 Å². The molecule has 3 aromatic carbocycles. The summed E-state index contributed by atoms with van der Waals surface area (Å²) in [5.74, 6) is -0.485. The second kappa shape index (κ2) is 8.01. The quantitative estimate of drug-likeness (QED) is 0.425. The SMILES string of the molecule is Cc1cccc(Cc2n[nH]c3cc(O)c(C(=O)N(C)c4ccc(Cl)c(Cl)c4)cc23)c1. The van der Waals surface area contributed by atoms with Crippen molar-refractivity contribution in [2.24, 2.45) is 0 Å². The number of nitrogens with one attached hydrogen (secondary N) is 1. The molecule has 0 saturated carbocycles. The topological polar surface area (TPSA) is 69.2 Å². The minimum atomic E-state index is -0.365. The van der Waals surface area contributed by atoms with Gasteiger partial charge in [-0.3, -0.25) is 9.89 Å². The molecule has 1 heterocycles. The second-order valence-electron chi connectivity index (χ2n) is 7.21. The fourth-order valence-electron chi connectivity index (χ4n) is 3.42. The molecule has 0 aliphatic heterocycles. The van der Waals surface area contributed by atoms with Crippen molar-refractivity contribution in [3.8, 4) is 5.75 Å². The fraction of sp³-hybridized carbons (Fsp3) is 0.130. The van der Waals surface area contributed by atoms with E-state index in [4.69, 9.17) is 23.2 Å². The number of carbonyl (C=O) groups excluding carboxylic acids is 1. The smallest absolute Gasteiger partial charge is 0.261 e. The minimum absolute atomic E-state index is 0.120. The van der Waals surface area contributed by atoms with Crippen molar-refractivity contribution in [3.05, 3.63) is 87.0 Å². The molecule has 0 aliphatic carbocycles. The van der Waals surface area contributed by atoms with Crippen LogP contribution < -0.4 is 4.90 Å². The number of hydrogen-bond donors (Lipinski definition) is 2. The van der Waals surface area contributed by atoms with Gasteiger partial charge in [0.25, 0.3) is 5.91 Å². The van der Waals surface area contributed by atoms with Crippen LogP contribution in [0.4, 0.5) is 5.69 Å². The molecule has 2 N–H and O–H groups in total. The van der Waals surface area contributed by atoms with Crippen molar-refractivity contribution in [2.45, 2.75) is 13.3 Å². The number of anilines is 1. The number of aromatic amines is 1. The number of H-pyrrole nitrogens is 1. The summed E-state index contributed by atoms with van der Waals surface area (Å²) in [4.78, 5) is 14.5. The van der Waals surface area contributed by atoms with E-state index >= 15 is 0 Å². The van der Waals surface area contributed by atoms with Crippen LogP contribution in [-0.4, -0.2) is 28.3 Å². The zero-order valence-electron chi connectivity index (χ0n) is 16.4. The van der Waals surface area contributed by atoms with Gasteiger partial charge in [-0.25, -0.2) is 0 Å². The Morgan fingerprint density at radius 3 is 2.63 bits per heavy atom. The Morgan fingerprint density at radius 1 is 1.10 bits per heavy atom. The molecule has 1 amide bonds. The van der Waals surface area contributed by atoms with Gasteiger partial charge in [-0.2, -0.15) is 5.10 Å². The summed E-state index contributed by atoms with van der Waals surface area (Å²) in [5.41, 5.74) is 4.52. The van der Waals surface area contributed by atoms with Crippen LogP contribution in [0.2, 0.25) is 10.0 Å². The standard InChI is InChI=1S/C23H19Cl2N3O2/c1-13-4-3-5-14(8-13)9-20-16-11-17(22(29)12-21(16)27-26-20)23(30)28(2)15-6-7-18(24)19(25)10-15/h3-8,10-12,29H,9H2,1-2H3,(H,26,27). The normalized spacial score (nSPS) is 11.1. The Balaban J connectivity index is 1.70. The fourth-order valence-corrected chi connectivity index (χ4v) is 3.71. The predicted molar refractivity (Wildman–Crippen MR) is 121 cm³/mol. The highest BCUT2D eigenvalue weighted by Crippen LogP contribution is 2.31. The Bertz CT molecular complexity index is 1270. The summed E-state index contributed by atoms with van der Waals surface area (Å²) in [5, 5.41) is 19.3. The number of benzene rings is 3. The lowest BCUT2D eigenvalue weighted by Crippen LogP contribution is -2.26. The third-order valence-electron chi connectivity index (χ3n) is 5.04. The molecule has 4 rings (SSSR count). The van der Waals surface area contributed by atoms with E-state index in [1.165, 1.54) is 16.5 Å². The van der Waals surface area contributed by atoms with Crippen LogP contribution in [0.3, 0.4) is 0 Å². The third-order valence-corrected chi connectivity index (χ3v) is 5.78. The number of fused-ring (bicyclic) bond motifs is 1. The van der Waals surface area contributed by atoms with Gasteiger partial charge in [-0.15, -0.1) is 0 Å². The van der Waals surface area contributed by atoms with Gasteiger partial charge in [-0.05, 0) is 36.8 Å². The molecular formula is C23H19Cl2N3O2. The molecule has 0 radical (unpaired) electrons. The summed E-state index contributed by atoms with van der Waals surface area (Å²) < 4.78 is 0. The van der Waals surface area contributed by atoms with Crippen molar-refractivity contribution in [2.75, 3.05) is 11.9 Å². The third kappa shape index (κ3) is 3.86. The maximum absolute atomic E-state index is 13.1. The molecule has 5 nitrogen and oxygen atoms in total. The van der Waals surface area contributed by atoms with Crippen molar-refractivity contribution < 1.29 is 9.90 Å². The van der Waals surface area contributed by atoms with Crippen molar-refractivity contribution >= 4 is 45.7 Å². The lowest BCUT2D eigenvalue weighted by Gasteiger charge is -2.18. The van der Waals surface area contributed by atoms with Crippen molar-refractivity contribution in [1.82, 2.24) is 10.2 Å². The number of nitrogens with zero attached hydrogens (tertiary/aromatic N) is 2. The highest BCUT2D eigenvalue weighted by atomic mass is 35.5. The summed E-state index contributed by atoms with van der Waals surface area (Å²) in [6.07, 6.45) is 0.614. The molecule has 152 valence electrons. The van der Waals surface area contributed by atoms with Gasteiger partial charge in [0.15, 0.2) is 0 Å². The van der Waals surface area contributed by atoms with Gasteiger partial charge in [0.1, 0.15) is 5.75 Å². The van der Waals surface area contributed by atoms with E-state index < -0.39 is 0 Å². The van der Waals surface area contributed by atoms with Crippen molar-refractivity contribution in [3.63, 3.8) is 0 Å². The minimum Gasteiger partial charge on any atom is -0.507 e. The van der Waals surface area contributed by atoms with Crippen LogP contribution in [-0.2, 0) is 6.42 Å². The number of halogens is 2. The number of phenolic OH excluding ortho intramolecular Hbond substituents is 1. The van der Waals surface area contributed by atoms with Crippen LogP contribution in [0.15, 0.2) is 54.6 Å². The van der Waals surface area contributed by atoms with Crippen LogP contribution in [0.5, 0.6) is 5.75 Å². The molecule has 0 spiro atoms. The van der Waals surface area contributed by atoms with Crippen LogP contribution >= 0.6 is 23.2 Å². The maximum atomic E-state index is 13.1. The lowest BCUT2D eigenvalue weighted by molar-refractivity contribution is 0.0990. The number of rotatable bonds is 4. The monoisotopic (exact) mass is 439 g/mol. The predicted octanol–water partition coefficient (Wildman–Crippen LogP) is 5.75. The Morgan fingerprint density at radius 2 is 1.90 bits per heavy atom. The highest BCUT2D eigenvalue weighted by Gasteiger charge is 2.20. The summed E-state index contributed by atoms with van der Waals surface area (Å²) in [6.45, 7) is 2.04. The molecule has 0 bridgehead atoms. The van der Waals surface area contributed by atoms with E-state index in [1.54, 1.807) is 31.3 Å². The first kappa shape index (κ1) is 20.3. The van der Waals surface area contributed by atoms with Crippen LogP contribution in [0.1, 0.15) is 27.2 Å². The Kier molecular flexibility index (Phi) is 5.41. The number of aromatic hydroxyl groups is 1. The average Bonchev–Trinajstić information content (AvgIpc) is 3.09. The number of hydrogen-bond acceptors (Lipinski definition) is 3. The zero-order chi connectivity index (χ0) is 21.4. The van der Waals surface area contributed by atoms with Crippen LogP contribution in [0.25, 0.3) is 10.9 Å². The highest BCUT2D eigenvalue weighted by molar-refractivity contribution is 6.42. The van der Waals surface area contributed by atoms with Gasteiger partial charge in [-0.1, -0.05) is 53.0 Å². The van der Waals surface area contributed by atoms with E-state index in [1.807, 2.05) is 25.1 Å². The largest absolute Gasteiger partial charge is 0.507 e.